The number of carbonyl (C=O) groups excluding carboxylic acids is 1. The first-order chi connectivity index (χ1) is 11.4. The van der Waals surface area contributed by atoms with Gasteiger partial charge in [0.15, 0.2) is 0 Å². The molecule has 1 N–H and O–H groups in total. The highest BCUT2D eigenvalue weighted by Crippen LogP contribution is 2.26. The van der Waals surface area contributed by atoms with E-state index in [0.717, 1.165) is 16.5 Å². The minimum atomic E-state index is -0.266. The number of nitrogens with one attached hydrogen (secondary N) is 1. The molecule has 5 nitrogen and oxygen atoms in total. The number of hydrogen-bond acceptors (Lipinski definition) is 4. The molecule has 6 heteroatoms. The van der Waals surface area contributed by atoms with Gasteiger partial charge < -0.3 is 9.84 Å². The van der Waals surface area contributed by atoms with Crippen molar-refractivity contribution >= 4 is 21.8 Å². The number of halogens is 1. The van der Waals surface area contributed by atoms with E-state index in [4.69, 9.17) is 4.52 Å². The van der Waals surface area contributed by atoms with Gasteiger partial charge in [0, 0.05) is 16.5 Å². The van der Waals surface area contributed by atoms with Gasteiger partial charge in [-0.1, -0.05) is 55.2 Å². The third-order valence-corrected chi connectivity index (χ3v) is 4.46. The lowest BCUT2D eigenvalue weighted by molar-refractivity contribution is -0.123. The molecule has 130 valence electrons. The molecule has 1 aromatic carbocycles. The number of aromatic nitrogens is 2. The van der Waals surface area contributed by atoms with Crippen LogP contribution in [0.1, 0.15) is 52.5 Å². The summed E-state index contributed by atoms with van der Waals surface area (Å²) >= 11 is 3.41. The predicted octanol–water partition coefficient (Wildman–Crippen LogP) is 4.75. The lowest BCUT2D eigenvalue weighted by Crippen LogP contribution is -2.33. The number of amides is 1. The highest BCUT2D eigenvalue weighted by molar-refractivity contribution is 9.10. The third-order valence-electron chi connectivity index (χ3n) is 3.93. The van der Waals surface area contributed by atoms with Crippen LogP contribution in [0.15, 0.2) is 33.3 Å². The molecular weight excluding hydrogens is 370 g/mol. The average Bonchev–Trinajstić information content (AvgIpc) is 3.01. The van der Waals surface area contributed by atoms with Gasteiger partial charge in [0.05, 0.1) is 0 Å². The number of rotatable bonds is 7. The van der Waals surface area contributed by atoms with Crippen molar-refractivity contribution in [2.24, 2.45) is 11.8 Å². The fourth-order valence-electron chi connectivity index (χ4n) is 2.36. The molecule has 2 atom stereocenters. The van der Waals surface area contributed by atoms with E-state index in [-0.39, 0.29) is 17.9 Å². The molecule has 0 radical (unpaired) electrons. The predicted molar refractivity (Wildman–Crippen MR) is 97.2 cm³/mol. The summed E-state index contributed by atoms with van der Waals surface area (Å²) in [5.41, 5.74) is 0.879. The molecular formula is C18H24BrN3O2. The van der Waals surface area contributed by atoms with Crippen molar-refractivity contribution in [2.75, 3.05) is 0 Å². The largest absolute Gasteiger partial charge is 0.344 e. The molecule has 0 aliphatic rings. The van der Waals surface area contributed by atoms with E-state index in [2.05, 4.69) is 45.2 Å². The van der Waals surface area contributed by atoms with Crippen LogP contribution >= 0.6 is 15.9 Å². The van der Waals surface area contributed by atoms with Crippen LogP contribution in [-0.4, -0.2) is 16.0 Å². The Morgan fingerprint density at radius 3 is 2.50 bits per heavy atom. The van der Waals surface area contributed by atoms with Crippen LogP contribution in [0, 0.1) is 11.8 Å². The Labute approximate surface area is 151 Å². The molecule has 1 amide bonds. The SMILES string of the molecule is CCC(C)C(NC(=O)CC(C)C)c1nc(-c2ccc(Br)cc2)no1. The lowest BCUT2D eigenvalue weighted by atomic mass is 9.98. The molecule has 2 aromatic rings. The zero-order valence-corrected chi connectivity index (χ0v) is 16.1. The maximum absolute atomic E-state index is 12.2. The van der Waals surface area contributed by atoms with Crippen molar-refractivity contribution in [3.63, 3.8) is 0 Å². The molecule has 2 unspecified atom stereocenters. The number of carbonyl (C=O) groups is 1. The highest BCUT2D eigenvalue weighted by atomic mass is 79.9. The van der Waals surface area contributed by atoms with E-state index in [1.54, 1.807) is 0 Å². The fourth-order valence-corrected chi connectivity index (χ4v) is 2.63. The summed E-state index contributed by atoms with van der Waals surface area (Å²) in [5, 5.41) is 7.12. The van der Waals surface area contributed by atoms with Gasteiger partial charge in [0.25, 0.3) is 0 Å². The summed E-state index contributed by atoms with van der Waals surface area (Å²) in [6.07, 6.45) is 1.39. The average molecular weight is 394 g/mol. The maximum Gasteiger partial charge on any atom is 0.249 e. The van der Waals surface area contributed by atoms with Gasteiger partial charge in [0.1, 0.15) is 6.04 Å². The summed E-state index contributed by atoms with van der Waals surface area (Å²) < 4.78 is 6.45. The first-order valence-electron chi connectivity index (χ1n) is 8.29. The Balaban J connectivity index is 2.21. The van der Waals surface area contributed by atoms with Gasteiger partial charge in [-0.25, -0.2) is 0 Å². The molecule has 0 bridgehead atoms. The summed E-state index contributed by atoms with van der Waals surface area (Å²) in [5.74, 6) is 1.52. The number of hydrogen-bond donors (Lipinski definition) is 1. The van der Waals surface area contributed by atoms with E-state index in [1.165, 1.54) is 0 Å². The smallest absolute Gasteiger partial charge is 0.249 e. The molecule has 24 heavy (non-hydrogen) atoms. The normalized spacial score (nSPS) is 13.8. The molecule has 1 heterocycles. The second-order valence-electron chi connectivity index (χ2n) is 6.49. The van der Waals surface area contributed by atoms with E-state index < -0.39 is 0 Å². The Morgan fingerprint density at radius 2 is 1.92 bits per heavy atom. The van der Waals surface area contributed by atoms with Crippen molar-refractivity contribution < 1.29 is 9.32 Å². The molecule has 0 saturated carbocycles. The monoisotopic (exact) mass is 393 g/mol. The van der Waals surface area contributed by atoms with Gasteiger partial charge in [-0.15, -0.1) is 0 Å². The van der Waals surface area contributed by atoms with E-state index in [0.29, 0.717) is 24.1 Å². The van der Waals surface area contributed by atoms with E-state index in [9.17, 15) is 4.79 Å². The Bertz CT molecular complexity index is 667. The van der Waals surface area contributed by atoms with Gasteiger partial charge in [-0.05, 0) is 36.1 Å². The first kappa shape index (κ1) is 18.6. The van der Waals surface area contributed by atoms with Crippen LogP contribution in [0.2, 0.25) is 0 Å². The van der Waals surface area contributed by atoms with Crippen LogP contribution in [0.25, 0.3) is 11.4 Å². The molecule has 0 fully saturated rings. The number of benzene rings is 1. The maximum atomic E-state index is 12.2. The van der Waals surface area contributed by atoms with Crippen LogP contribution in [0.3, 0.4) is 0 Å². The van der Waals surface area contributed by atoms with E-state index in [1.807, 2.05) is 38.1 Å². The first-order valence-corrected chi connectivity index (χ1v) is 9.08. The van der Waals surface area contributed by atoms with Crippen LogP contribution < -0.4 is 5.32 Å². The third kappa shape index (κ3) is 4.90. The fraction of sp³-hybridized carbons (Fsp3) is 0.500. The number of nitrogens with zero attached hydrogens (tertiary/aromatic N) is 2. The van der Waals surface area contributed by atoms with Crippen molar-refractivity contribution in [1.82, 2.24) is 15.5 Å². The summed E-state index contributed by atoms with van der Waals surface area (Å²) in [6, 6.07) is 7.45. The van der Waals surface area contributed by atoms with Gasteiger partial charge in [-0.2, -0.15) is 4.98 Å². The van der Waals surface area contributed by atoms with Gasteiger partial charge >= 0.3 is 0 Å². The Morgan fingerprint density at radius 1 is 1.25 bits per heavy atom. The van der Waals surface area contributed by atoms with Crippen molar-refractivity contribution in [3.8, 4) is 11.4 Å². The second kappa shape index (κ2) is 8.42. The standard InChI is InChI=1S/C18H24BrN3O2/c1-5-12(4)16(20-15(23)10-11(2)3)18-21-17(22-24-18)13-6-8-14(19)9-7-13/h6-9,11-12,16H,5,10H2,1-4H3,(H,20,23). The Hall–Kier alpha value is -1.69. The zero-order valence-electron chi connectivity index (χ0n) is 14.5. The van der Waals surface area contributed by atoms with Gasteiger partial charge in [-0.3, -0.25) is 4.79 Å². The van der Waals surface area contributed by atoms with Crippen LogP contribution in [0.5, 0.6) is 0 Å². The lowest BCUT2D eigenvalue weighted by Gasteiger charge is -2.21. The van der Waals surface area contributed by atoms with Crippen molar-refractivity contribution in [1.29, 1.82) is 0 Å². The second-order valence-corrected chi connectivity index (χ2v) is 7.41. The highest BCUT2D eigenvalue weighted by Gasteiger charge is 2.26. The zero-order chi connectivity index (χ0) is 17.7. The van der Waals surface area contributed by atoms with Gasteiger partial charge in [0.2, 0.25) is 17.6 Å². The topological polar surface area (TPSA) is 68.0 Å². The minimum absolute atomic E-state index is 0.0127. The van der Waals surface area contributed by atoms with Crippen LogP contribution in [0.4, 0.5) is 0 Å². The minimum Gasteiger partial charge on any atom is -0.344 e. The quantitative estimate of drug-likeness (QED) is 0.736. The molecule has 0 spiro atoms. The van der Waals surface area contributed by atoms with E-state index >= 15 is 0 Å². The van der Waals surface area contributed by atoms with Crippen molar-refractivity contribution in [2.45, 2.75) is 46.6 Å². The van der Waals surface area contributed by atoms with Crippen LogP contribution in [-0.2, 0) is 4.79 Å². The molecule has 0 saturated heterocycles. The summed E-state index contributed by atoms with van der Waals surface area (Å²) in [7, 11) is 0. The molecule has 0 aliphatic heterocycles. The van der Waals surface area contributed by atoms with Crippen molar-refractivity contribution in [3.05, 3.63) is 34.6 Å². The molecule has 2 rings (SSSR count). The molecule has 1 aromatic heterocycles. The summed E-state index contributed by atoms with van der Waals surface area (Å²) in [6.45, 7) is 8.20. The Kier molecular flexibility index (Phi) is 6.54. The molecule has 0 aliphatic carbocycles. The summed E-state index contributed by atoms with van der Waals surface area (Å²) in [4.78, 5) is 16.7.